The van der Waals surface area contributed by atoms with Gasteiger partial charge in [-0.3, -0.25) is 4.79 Å². The van der Waals surface area contributed by atoms with E-state index in [9.17, 15) is 13.6 Å². The SMILES string of the molecule is O=C(c1ccc(SC(F)F)cc1)N(C[C@@H]1CCOC1)C1CC1. The van der Waals surface area contributed by atoms with Gasteiger partial charge >= 0.3 is 0 Å². The number of benzene rings is 1. The molecule has 0 unspecified atom stereocenters. The summed E-state index contributed by atoms with van der Waals surface area (Å²) in [5.41, 5.74) is 0.574. The topological polar surface area (TPSA) is 29.5 Å². The van der Waals surface area contributed by atoms with Gasteiger partial charge in [-0.15, -0.1) is 0 Å². The molecule has 1 saturated heterocycles. The lowest BCUT2D eigenvalue weighted by Crippen LogP contribution is -2.37. The Bertz CT molecular complexity index is 513. The van der Waals surface area contributed by atoms with E-state index in [1.165, 1.54) is 0 Å². The molecule has 0 radical (unpaired) electrons. The fraction of sp³-hybridized carbons (Fsp3) is 0.562. The largest absolute Gasteiger partial charge is 0.381 e. The van der Waals surface area contributed by atoms with Crippen molar-refractivity contribution in [1.29, 1.82) is 0 Å². The number of alkyl halides is 2. The average Bonchev–Trinajstić information content (AvgIpc) is 3.21. The highest BCUT2D eigenvalue weighted by atomic mass is 32.2. The number of ether oxygens (including phenoxy) is 1. The normalized spacial score (nSPS) is 21.3. The fourth-order valence-corrected chi connectivity index (χ4v) is 3.23. The highest BCUT2D eigenvalue weighted by Crippen LogP contribution is 2.31. The number of carbonyl (C=O) groups is 1. The van der Waals surface area contributed by atoms with Gasteiger partial charge in [-0.1, -0.05) is 11.8 Å². The van der Waals surface area contributed by atoms with Crippen LogP contribution in [0.1, 0.15) is 29.6 Å². The molecule has 0 aromatic heterocycles. The van der Waals surface area contributed by atoms with Crippen LogP contribution in [0.2, 0.25) is 0 Å². The summed E-state index contributed by atoms with van der Waals surface area (Å²) in [6.45, 7) is 2.23. The number of nitrogens with zero attached hydrogens (tertiary/aromatic N) is 1. The van der Waals surface area contributed by atoms with E-state index in [2.05, 4.69) is 0 Å². The third-order valence-electron chi connectivity index (χ3n) is 4.05. The first-order chi connectivity index (χ1) is 10.6. The predicted octanol–water partition coefficient (Wildman–Crippen LogP) is 3.64. The molecule has 1 aliphatic heterocycles. The predicted molar refractivity (Wildman–Crippen MR) is 81.3 cm³/mol. The van der Waals surface area contributed by atoms with Gasteiger partial charge in [0.25, 0.3) is 11.7 Å². The molecule has 1 heterocycles. The van der Waals surface area contributed by atoms with Gasteiger partial charge in [-0.25, -0.2) is 0 Å². The van der Waals surface area contributed by atoms with Gasteiger partial charge in [0, 0.05) is 35.6 Å². The number of amides is 1. The first-order valence-corrected chi connectivity index (χ1v) is 8.45. The van der Waals surface area contributed by atoms with Crippen LogP contribution in [0.25, 0.3) is 0 Å². The van der Waals surface area contributed by atoms with Crippen LogP contribution in [0.15, 0.2) is 29.2 Å². The number of rotatable bonds is 6. The van der Waals surface area contributed by atoms with Gasteiger partial charge in [0.2, 0.25) is 0 Å². The van der Waals surface area contributed by atoms with E-state index < -0.39 is 5.76 Å². The zero-order valence-electron chi connectivity index (χ0n) is 12.2. The lowest BCUT2D eigenvalue weighted by atomic mass is 10.1. The van der Waals surface area contributed by atoms with Gasteiger partial charge in [0.15, 0.2) is 0 Å². The summed E-state index contributed by atoms with van der Waals surface area (Å²) in [4.78, 5) is 15.1. The zero-order valence-corrected chi connectivity index (χ0v) is 13.0. The maximum Gasteiger partial charge on any atom is 0.288 e. The smallest absolute Gasteiger partial charge is 0.288 e. The average molecular weight is 327 g/mol. The molecule has 1 saturated carbocycles. The van der Waals surface area contributed by atoms with Crippen molar-refractivity contribution in [3.05, 3.63) is 29.8 Å². The minimum Gasteiger partial charge on any atom is -0.381 e. The number of carbonyl (C=O) groups excluding carboxylic acids is 1. The van der Waals surface area contributed by atoms with E-state index in [-0.39, 0.29) is 5.91 Å². The molecule has 0 bridgehead atoms. The van der Waals surface area contributed by atoms with E-state index in [1.807, 2.05) is 4.90 Å². The standard InChI is InChI=1S/C16H19F2NO2S/c17-16(18)22-14-5-1-12(2-6-14)15(20)19(13-3-4-13)9-11-7-8-21-10-11/h1-2,5-6,11,13,16H,3-4,7-10H2/t11-/m0/s1. The lowest BCUT2D eigenvalue weighted by molar-refractivity contribution is 0.0706. The second kappa shape index (κ2) is 6.96. The molecule has 3 nitrogen and oxygen atoms in total. The molecule has 6 heteroatoms. The minimum atomic E-state index is -2.44. The van der Waals surface area contributed by atoms with E-state index in [4.69, 9.17) is 4.74 Å². The van der Waals surface area contributed by atoms with Crippen molar-refractivity contribution in [1.82, 2.24) is 4.90 Å². The molecule has 1 aromatic rings. The van der Waals surface area contributed by atoms with E-state index >= 15 is 0 Å². The maximum atomic E-state index is 12.7. The molecule has 1 amide bonds. The Morgan fingerprint density at radius 1 is 1.27 bits per heavy atom. The minimum absolute atomic E-state index is 0.00277. The summed E-state index contributed by atoms with van der Waals surface area (Å²) in [7, 11) is 0. The van der Waals surface area contributed by atoms with Gasteiger partial charge in [-0.05, 0) is 43.5 Å². The van der Waals surface area contributed by atoms with Crippen LogP contribution in [0.4, 0.5) is 8.78 Å². The molecular formula is C16H19F2NO2S. The molecule has 3 rings (SSSR count). The molecule has 1 atom stereocenters. The summed E-state index contributed by atoms with van der Waals surface area (Å²) in [6, 6.07) is 6.81. The van der Waals surface area contributed by atoms with Crippen LogP contribution in [0.5, 0.6) is 0 Å². The maximum absolute atomic E-state index is 12.7. The van der Waals surface area contributed by atoms with Crippen molar-refractivity contribution in [3.63, 3.8) is 0 Å². The molecule has 1 aromatic carbocycles. The van der Waals surface area contributed by atoms with Gasteiger partial charge in [0.05, 0.1) is 6.61 Å². The third kappa shape index (κ3) is 3.98. The highest BCUT2D eigenvalue weighted by Gasteiger charge is 2.35. The Labute approximate surface area is 133 Å². The molecule has 0 spiro atoms. The number of hydrogen-bond acceptors (Lipinski definition) is 3. The van der Waals surface area contributed by atoms with Crippen LogP contribution in [-0.2, 0) is 4.74 Å². The van der Waals surface area contributed by atoms with Crippen LogP contribution in [-0.4, -0.2) is 42.4 Å². The van der Waals surface area contributed by atoms with E-state index in [0.29, 0.717) is 34.2 Å². The lowest BCUT2D eigenvalue weighted by Gasteiger charge is -2.25. The van der Waals surface area contributed by atoms with Crippen molar-refractivity contribution in [2.24, 2.45) is 5.92 Å². The van der Waals surface area contributed by atoms with Gasteiger partial charge in [-0.2, -0.15) is 8.78 Å². The molecule has 0 N–H and O–H groups in total. The summed E-state index contributed by atoms with van der Waals surface area (Å²) < 4.78 is 30.0. The van der Waals surface area contributed by atoms with Crippen LogP contribution < -0.4 is 0 Å². The molecule has 22 heavy (non-hydrogen) atoms. The van der Waals surface area contributed by atoms with Crippen LogP contribution >= 0.6 is 11.8 Å². The first-order valence-electron chi connectivity index (χ1n) is 7.57. The Kier molecular flexibility index (Phi) is 4.98. The Balaban J connectivity index is 1.66. The number of hydrogen-bond donors (Lipinski definition) is 0. The quantitative estimate of drug-likeness (QED) is 0.747. The highest BCUT2D eigenvalue weighted by molar-refractivity contribution is 7.99. The van der Waals surface area contributed by atoms with Crippen LogP contribution in [0, 0.1) is 5.92 Å². The van der Waals surface area contributed by atoms with Crippen molar-refractivity contribution < 1.29 is 18.3 Å². The zero-order chi connectivity index (χ0) is 15.5. The first kappa shape index (κ1) is 15.7. The molecule has 1 aliphatic carbocycles. The van der Waals surface area contributed by atoms with Crippen LogP contribution in [0.3, 0.4) is 0 Å². The monoisotopic (exact) mass is 327 g/mol. The summed E-state index contributed by atoms with van der Waals surface area (Å²) >= 11 is 0.497. The van der Waals surface area contributed by atoms with E-state index in [0.717, 1.165) is 39.0 Å². The van der Waals surface area contributed by atoms with Gasteiger partial charge in [0.1, 0.15) is 0 Å². The van der Waals surface area contributed by atoms with Crippen molar-refractivity contribution in [2.45, 2.75) is 36.0 Å². The van der Waals surface area contributed by atoms with Crippen molar-refractivity contribution in [2.75, 3.05) is 19.8 Å². The summed E-state index contributed by atoms with van der Waals surface area (Å²) in [5, 5.41) is 0. The Morgan fingerprint density at radius 3 is 2.55 bits per heavy atom. The van der Waals surface area contributed by atoms with E-state index in [1.54, 1.807) is 24.3 Å². The number of thioether (sulfide) groups is 1. The Hall–Kier alpha value is -1.14. The molecular weight excluding hydrogens is 308 g/mol. The van der Waals surface area contributed by atoms with Crippen molar-refractivity contribution in [3.8, 4) is 0 Å². The second-order valence-corrected chi connectivity index (χ2v) is 6.88. The molecule has 2 aliphatic rings. The summed E-state index contributed by atoms with van der Waals surface area (Å²) in [6.07, 6.45) is 3.11. The molecule has 2 fully saturated rings. The van der Waals surface area contributed by atoms with Crippen molar-refractivity contribution >= 4 is 17.7 Å². The second-order valence-electron chi connectivity index (χ2n) is 5.82. The number of halogens is 2. The third-order valence-corrected chi connectivity index (χ3v) is 4.78. The molecule has 120 valence electrons. The van der Waals surface area contributed by atoms with Gasteiger partial charge < -0.3 is 9.64 Å². The Morgan fingerprint density at radius 2 is 2.00 bits per heavy atom. The summed E-state index contributed by atoms with van der Waals surface area (Å²) in [5.74, 6) is -2.02. The fourth-order valence-electron chi connectivity index (χ4n) is 2.73.